The van der Waals surface area contributed by atoms with E-state index in [0.29, 0.717) is 5.02 Å². The van der Waals surface area contributed by atoms with Gasteiger partial charge in [-0.05, 0) is 25.0 Å². The fourth-order valence-electron chi connectivity index (χ4n) is 1.83. The molecule has 104 valence electrons. The summed E-state index contributed by atoms with van der Waals surface area (Å²) in [6.45, 7) is 5.55. The molecule has 0 saturated carbocycles. The van der Waals surface area contributed by atoms with E-state index in [-0.39, 0.29) is 24.7 Å². The molecule has 3 nitrogen and oxygen atoms in total. The lowest BCUT2D eigenvalue weighted by Gasteiger charge is -2.17. The Morgan fingerprint density at radius 2 is 1.89 bits per heavy atom. The monoisotopic (exact) mass is 282 g/mol. The Bertz CT molecular complexity index is 454. The molecule has 0 aliphatic rings. The van der Waals surface area contributed by atoms with Crippen molar-refractivity contribution in [3.8, 4) is 0 Å². The average molecular weight is 283 g/mol. The van der Waals surface area contributed by atoms with E-state index in [1.165, 1.54) is 0 Å². The van der Waals surface area contributed by atoms with Crippen LogP contribution in [0.3, 0.4) is 0 Å². The van der Waals surface area contributed by atoms with Gasteiger partial charge in [-0.25, -0.2) is 0 Å². The summed E-state index contributed by atoms with van der Waals surface area (Å²) in [5.41, 5.74) is 0.788. The molecule has 0 radical (unpaired) electrons. The Morgan fingerprint density at radius 3 is 2.42 bits per heavy atom. The highest BCUT2D eigenvalue weighted by atomic mass is 35.5. The van der Waals surface area contributed by atoms with Crippen LogP contribution in [0.4, 0.5) is 0 Å². The fraction of sp³-hybridized carbons (Fsp3) is 0.467. The molecule has 4 heteroatoms. The molecular formula is C15H19ClO3. The van der Waals surface area contributed by atoms with Crippen molar-refractivity contribution in [3.05, 3.63) is 34.9 Å². The van der Waals surface area contributed by atoms with Crippen LogP contribution in [0.15, 0.2) is 24.3 Å². The Kier molecular flexibility index (Phi) is 6.03. The van der Waals surface area contributed by atoms with Gasteiger partial charge in [-0.15, -0.1) is 0 Å². The van der Waals surface area contributed by atoms with Gasteiger partial charge in [0.15, 0.2) is 0 Å². The smallest absolute Gasteiger partial charge is 0.316 e. The van der Waals surface area contributed by atoms with Gasteiger partial charge < -0.3 is 4.74 Å². The second-order valence-corrected chi connectivity index (χ2v) is 5.06. The zero-order valence-corrected chi connectivity index (χ0v) is 12.2. The minimum absolute atomic E-state index is 0.113. The number of ketones is 1. The minimum Gasteiger partial charge on any atom is -0.465 e. The van der Waals surface area contributed by atoms with Crippen molar-refractivity contribution >= 4 is 23.4 Å². The number of benzene rings is 1. The largest absolute Gasteiger partial charge is 0.465 e. The van der Waals surface area contributed by atoms with Gasteiger partial charge in [0.2, 0.25) is 0 Å². The number of ether oxygens (including phenoxy) is 1. The van der Waals surface area contributed by atoms with Crippen LogP contribution < -0.4 is 0 Å². The molecule has 0 amide bonds. The summed E-state index contributed by atoms with van der Waals surface area (Å²) < 4.78 is 4.98. The van der Waals surface area contributed by atoms with Crippen LogP contribution in [0, 0.1) is 11.8 Å². The number of hydrogen-bond acceptors (Lipinski definition) is 3. The summed E-state index contributed by atoms with van der Waals surface area (Å²) in [4.78, 5) is 24.0. The Morgan fingerprint density at radius 1 is 1.26 bits per heavy atom. The summed E-state index contributed by atoms with van der Waals surface area (Å²) in [5.74, 6) is -1.57. The number of halogens is 1. The van der Waals surface area contributed by atoms with Crippen molar-refractivity contribution in [3.63, 3.8) is 0 Å². The molecule has 1 rings (SSSR count). The summed E-state index contributed by atoms with van der Waals surface area (Å²) in [7, 11) is 0. The lowest BCUT2D eigenvalue weighted by Crippen LogP contribution is -2.31. The molecule has 19 heavy (non-hydrogen) atoms. The predicted molar refractivity (Wildman–Crippen MR) is 75.1 cm³/mol. The maximum Gasteiger partial charge on any atom is 0.316 e. The SMILES string of the molecule is CCOC(=O)C(Cc1ccccc1Cl)C(=O)C(C)C. The molecule has 0 saturated heterocycles. The molecule has 1 unspecified atom stereocenters. The average Bonchev–Trinajstić information content (AvgIpc) is 2.37. The first kappa shape index (κ1) is 15.7. The molecular weight excluding hydrogens is 264 g/mol. The minimum atomic E-state index is -0.778. The molecule has 0 N–H and O–H groups in total. The van der Waals surface area contributed by atoms with E-state index in [1.807, 2.05) is 18.2 Å². The number of carbonyl (C=O) groups is 2. The second kappa shape index (κ2) is 7.29. The van der Waals surface area contributed by atoms with Crippen LogP contribution in [0.25, 0.3) is 0 Å². The van der Waals surface area contributed by atoms with Gasteiger partial charge in [-0.2, -0.15) is 0 Å². The zero-order chi connectivity index (χ0) is 14.4. The molecule has 1 atom stereocenters. The summed E-state index contributed by atoms with van der Waals surface area (Å²) in [6.07, 6.45) is 0.287. The molecule has 0 aliphatic carbocycles. The van der Waals surface area contributed by atoms with Crippen molar-refractivity contribution < 1.29 is 14.3 Å². The molecule has 0 aliphatic heterocycles. The van der Waals surface area contributed by atoms with Gasteiger partial charge in [0.25, 0.3) is 0 Å². The van der Waals surface area contributed by atoms with E-state index in [4.69, 9.17) is 16.3 Å². The third-order valence-corrected chi connectivity index (χ3v) is 3.23. The standard InChI is InChI=1S/C15H19ClO3/c1-4-19-15(18)12(14(17)10(2)3)9-11-7-5-6-8-13(11)16/h5-8,10,12H,4,9H2,1-3H3. The van der Waals surface area contributed by atoms with E-state index in [2.05, 4.69) is 0 Å². The van der Waals surface area contributed by atoms with Gasteiger partial charge in [0, 0.05) is 10.9 Å². The van der Waals surface area contributed by atoms with Gasteiger partial charge in [-0.3, -0.25) is 9.59 Å². The van der Waals surface area contributed by atoms with Gasteiger partial charge in [-0.1, -0.05) is 43.6 Å². The number of hydrogen-bond donors (Lipinski definition) is 0. The fourth-order valence-corrected chi connectivity index (χ4v) is 2.04. The highest BCUT2D eigenvalue weighted by Gasteiger charge is 2.30. The van der Waals surface area contributed by atoms with E-state index in [1.54, 1.807) is 26.8 Å². The van der Waals surface area contributed by atoms with Crippen molar-refractivity contribution in [1.82, 2.24) is 0 Å². The molecule has 0 spiro atoms. The van der Waals surface area contributed by atoms with Gasteiger partial charge in [0.05, 0.1) is 6.61 Å². The molecule has 0 aromatic heterocycles. The van der Waals surface area contributed by atoms with E-state index >= 15 is 0 Å². The second-order valence-electron chi connectivity index (χ2n) is 4.66. The zero-order valence-electron chi connectivity index (χ0n) is 11.5. The normalized spacial score (nSPS) is 12.3. The number of rotatable bonds is 6. The molecule has 0 heterocycles. The maximum absolute atomic E-state index is 12.1. The lowest BCUT2D eigenvalue weighted by atomic mass is 9.89. The molecule has 1 aromatic carbocycles. The summed E-state index contributed by atoms with van der Waals surface area (Å²) in [5, 5.41) is 0.563. The third-order valence-electron chi connectivity index (χ3n) is 2.87. The van der Waals surface area contributed by atoms with Crippen LogP contribution in [-0.4, -0.2) is 18.4 Å². The summed E-state index contributed by atoms with van der Waals surface area (Å²) in [6, 6.07) is 7.22. The highest BCUT2D eigenvalue weighted by molar-refractivity contribution is 6.31. The molecule has 0 bridgehead atoms. The quantitative estimate of drug-likeness (QED) is 0.594. The van der Waals surface area contributed by atoms with Crippen LogP contribution >= 0.6 is 11.6 Å². The topological polar surface area (TPSA) is 43.4 Å². The Hall–Kier alpha value is -1.35. The number of Topliss-reactive ketones (excluding diaryl/α,β-unsaturated/α-hetero) is 1. The first-order valence-electron chi connectivity index (χ1n) is 6.41. The number of carbonyl (C=O) groups excluding carboxylic acids is 2. The first-order chi connectivity index (χ1) is 8.97. The summed E-state index contributed by atoms with van der Waals surface area (Å²) >= 11 is 6.07. The van der Waals surface area contributed by atoms with Crippen LogP contribution in [-0.2, 0) is 20.7 Å². The van der Waals surface area contributed by atoms with Crippen molar-refractivity contribution in [2.45, 2.75) is 27.2 Å². The van der Waals surface area contributed by atoms with Crippen molar-refractivity contribution in [2.75, 3.05) is 6.61 Å². The van der Waals surface area contributed by atoms with E-state index in [9.17, 15) is 9.59 Å². The predicted octanol–water partition coefficient (Wildman–Crippen LogP) is 3.29. The lowest BCUT2D eigenvalue weighted by molar-refractivity contribution is -0.152. The van der Waals surface area contributed by atoms with Crippen LogP contribution in [0.2, 0.25) is 5.02 Å². The van der Waals surface area contributed by atoms with Crippen molar-refractivity contribution in [1.29, 1.82) is 0 Å². The Balaban J connectivity index is 2.95. The third kappa shape index (κ3) is 4.35. The van der Waals surface area contributed by atoms with E-state index in [0.717, 1.165) is 5.56 Å². The highest BCUT2D eigenvalue weighted by Crippen LogP contribution is 2.22. The van der Waals surface area contributed by atoms with Gasteiger partial charge >= 0.3 is 5.97 Å². The van der Waals surface area contributed by atoms with Crippen LogP contribution in [0.1, 0.15) is 26.3 Å². The van der Waals surface area contributed by atoms with Gasteiger partial charge in [0.1, 0.15) is 11.7 Å². The Labute approximate surface area is 118 Å². The van der Waals surface area contributed by atoms with Crippen molar-refractivity contribution in [2.24, 2.45) is 11.8 Å². The van der Waals surface area contributed by atoms with E-state index < -0.39 is 11.9 Å². The molecule has 1 aromatic rings. The molecule has 0 fully saturated rings. The maximum atomic E-state index is 12.1. The van der Waals surface area contributed by atoms with Crippen LogP contribution in [0.5, 0.6) is 0 Å². The number of esters is 1. The first-order valence-corrected chi connectivity index (χ1v) is 6.78.